The van der Waals surface area contributed by atoms with Gasteiger partial charge >= 0.3 is 12.3 Å². The summed E-state index contributed by atoms with van der Waals surface area (Å²) < 4.78 is 90.2. The number of pyridine rings is 1. The standard InChI is InChI=1S/C41H54F3N5O8S/c1-37(2,3)57-36(52)47-30-12-10-8-6-7-9-11-25-15-18-40(25,23-45-58(53,54)38(4)19-20-38)48-34(50)31-22-39(24-49(31)35(30)51)17-16-27-28-21-26(55-5)13-14-29(28)46-33(32(27)56-39)41(42,43)44/h9,11,13-14,21,25,30-31,45H,6-8,10,12,15-20,22-24H2,1-5H3,(H,47,52)(H,48,50). The maximum Gasteiger partial charge on any atom is 0.437 e. The molecular weight excluding hydrogens is 780 g/mol. The second-order valence-electron chi connectivity index (χ2n) is 18.0. The summed E-state index contributed by atoms with van der Waals surface area (Å²) in [5.41, 5.74) is -4.11. The second kappa shape index (κ2) is 15.2. The highest BCUT2D eigenvalue weighted by atomic mass is 32.2. The monoisotopic (exact) mass is 833 g/mol. The maximum atomic E-state index is 14.8. The van der Waals surface area contributed by atoms with Gasteiger partial charge in [0, 0.05) is 29.8 Å². The van der Waals surface area contributed by atoms with Crippen molar-refractivity contribution in [1.82, 2.24) is 25.2 Å². The van der Waals surface area contributed by atoms with Gasteiger partial charge in [-0.1, -0.05) is 25.0 Å². The first-order chi connectivity index (χ1) is 27.2. The van der Waals surface area contributed by atoms with Gasteiger partial charge < -0.3 is 29.7 Å². The van der Waals surface area contributed by atoms with Crippen molar-refractivity contribution < 1.29 is 50.2 Å². The second-order valence-corrected chi connectivity index (χ2v) is 20.2. The quantitative estimate of drug-likeness (QED) is 0.293. The zero-order valence-corrected chi connectivity index (χ0v) is 34.5. The number of amides is 3. The zero-order valence-electron chi connectivity index (χ0n) is 33.7. The molecular formula is C41H54F3N5O8S. The summed E-state index contributed by atoms with van der Waals surface area (Å²) in [6, 6.07) is 2.27. The van der Waals surface area contributed by atoms with Crippen LogP contribution in [-0.2, 0) is 36.9 Å². The summed E-state index contributed by atoms with van der Waals surface area (Å²) >= 11 is 0. The van der Waals surface area contributed by atoms with Gasteiger partial charge in [0.1, 0.15) is 29.0 Å². The molecule has 3 aliphatic heterocycles. The molecule has 13 nitrogen and oxygen atoms in total. The number of alkyl carbamates (subject to hydrolysis) is 1. The maximum absolute atomic E-state index is 14.8. The third kappa shape index (κ3) is 8.34. The van der Waals surface area contributed by atoms with Crippen LogP contribution in [0.1, 0.15) is 110 Å². The van der Waals surface area contributed by atoms with E-state index in [2.05, 4.69) is 20.3 Å². The largest absolute Gasteiger partial charge is 0.497 e. The highest BCUT2D eigenvalue weighted by molar-refractivity contribution is 7.91. The van der Waals surface area contributed by atoms with Gasteiger partial charge in [-0.25, -0.2) is 22.9 Å². The van der Waals surface area contributed by atoms with Gasteiger partial charge in [0.25, 0.3) is 0 Å². The molecule has 3 N–H and O–H groups in total. The highest BCUT2D eigenvalue weighted by Crippen LogP contribution is 2.49. The number of aromatic nitrogens is 1. The lowest BCUT2D eigenvalue weighted by atomic mass is 9.66. The Morgan fingerprint density at radius 2 is 1.84 bits per heavy atom. The lowest BCUT2D eigenvalue weighted by molar-refractivity contribution is -0.144. The number of benzene rings is 1. The lowest BCUT2D eigenvalue weighted by Gasteiger charge is -2.50. The van der Waals surface area contributed by atoms with Crippen molar-refractivity contribution in [2.45, 2.75) is 144 Å². The van der Waals surface area contributed by atoms with E-state index in [0.29, 0.717) is 48.8 Å². The van der Waals surface area contributed by atoms with Crippen LogP contribution in [0.5, 0.6) is 11.5 Å². The van der Waals surface area contributed by atoms with Crippen LogP contribution in [0, 0.1) is 5.92 Å². The number of halogens is 3. The molecule has 318 valence electrons. The molecule has 58 heavy (non-hydrogen) atoms. The summed E-state index contributed by atoms with van der Waals surface area (Å²) in [6.07, 6.45) is 3.75. The average Bonchev–Trinajstić information content (AvgIpc) is 3.81. The molecule has 17 heteroatoms. The molecule has 1 aromatic heterocycles. The van der Waals surface area contributed by atoms with Crippen molar-refractivity contribution in [2.75, 3.05) is 20.2 Å². The van der Waals surface area contributed by atoms with Crippen molar-refractivity contribution in [3.8, 4) is 11.5 Å². The summed E-state index contributed by atoms with van der Waals surface area (Å²) in [5, 5.41) is 6.31. The number of allylic oxidation sites excluding steroid dienone is 1. The Bertz CT molecular complexity index is 2100. The van der Waals surface area contributed by atoms with E-state index in [1.54, 1.807) is 33.8 Å². The number of hydrogen-bond acceptors (Lipinski definition) is 9. The van der Waals surface area contributed by atoms with Crippen molar-refractivity contribution in [1.29, 1.82) is 0 Å². The van der Waals surface area contributed by atoms with Gasteiger partial charge in [0.15, 0.2) is 11.4 Å². The molecule has 2 saturated carbocycles. The Morgan fingerprint density at radius 1 is 1.09 bits per heavy atom. The molecule has 5 atom stereocenters. The number of carbonyl (C=O) groups excluding carboxylic acids is 3. The average molecular weight is 834 g/mol. The Labute approximate surface area is 337 Å². The predicted octanol–water partition coefficient (Wildman–Crippen LogP) is 6.08. The molecule has 5 unspecified atom stereocenters. The number of carbonyl (C=O) groups is 3. The number of ether oxygens (including phenoxy) is 3. The first-order valence-electron chi connectivity index (χ1n) is 20.2. The number of rotatable bonds is 6. The molecule has 0 bridgehead atoms. The number of nitrogens with zero attached hydrogens (tertiary/aromatic N) is 2. The Hall–Kier alpha value is -4.12. The minimum absolute atomic E-state index is 0.0681. The molecule has 4 heterocycles. The fourth-order valence-electron chi connectivity index (χ4n) is 8.74. The number of methoxy groups -OCH3 is 1. The fourth-order valence-corrected chi connectivity index (χ4v) is 10.2. The van der Waals surface area contributed by atoms with Crippen molar-refractivity contribution in [3.63, 3.8) is 0 Å². The number of nitrogens with one attached hydrogen (secondary N) is 3. The van der Waals surface area contributed by atoms with E-state index in [-0.39, 0.29) is 50.2 Å². The van der Waals surface area contributed by atoms with Crippen molar-refractivity contribution in [3.05, 3.63) is 41.6 Å². The van der Waals surface area contributed by atoms with Gasteiger partial charge in [-0.05, 0) is 104 Å². The van der Waals surface area contributed by atoms with Crippen LogP contribution in [0.15, 0.2) is 30.4 Å². The van der Waals surface area contributed by atoms with Gasteiger partial charge in [-0.2, -0.15) is 13.2 Å². The Kier molecular flexibility index (Phi) is 11.0. The number of alkyl halides is 3. The minimum Gasteiger partial charge on any atom is -0.497 e. The minimum atomic E-state index is -4.89. The van der Waals surface area contributed by atoms with E-state index in [1.165, 1.54) is 24.1 Å². The molecule has 0 radical (unpaired) electrons. The summed E-state index contributed by atoms with van der Waals surface area (Å²) in [5.74, 6) is -1.41. The third-order valence-electron chi connectivity index (χ3n) is 12.5. The Morgan fingerprint density at radius 3 is 2.50 bits per heavy atom. The van der Waals surface area contributed by atoms with Crippen molar-refractivity contribution >= 4 is 38.8 Å². The lowest BCUT2D eigenvalue weighted by Crippen LogP contribution is -2.67. The van der Waals surface area contributed by atoms with Crippen LogP contribution in [0.25, 0.3) is 10.9 Å². The summed E-state index contributed by atoms with van der Waals surface area (Å²) in [6.45, 7) is 6.45. The van der Waals surface area contributed by atoms with E-state index < -0.39 is 79.1 Å². The van der Waals surface area contributed by atoms with E-state index >= 15 is 0 Å². The molecule has 1 aromatic carbocycles. The van der Waals surface area contributed by atoms with Gasteiger partial charge in [0.05, 0.1) is 29.5 Å². The van der Waals surface area contributed by atoms with Crippen LogP contribution in [0.2, 0.25) is 0 Å². The van der Waals surface area contributed by atoms with Gasteiger partial charge in [0.2, 0.25) is 21.8 Å². The first-order valence-corrected chi connectivity index (χ1v) is 21.7. The smallest absolute Gasteiger partial charge is 0.437 e. The molecule has 2 aliphatic carbocycles. The number of sulfonamides is 1. The molecule has 7 rings (SSSR count). The van der Waals surface area contributed by atoms with E-state index in [9.17, 15) is 36.0 Å². The fraction of sp³-hybridized carbons (Fsp3) is 0.659. The van der Waals surface area contributed by atoms with Gasteiger partial charge in [-0.15, -0.1) is 0 Å². The molecule has 5 aliphatic rings. The van der Waals surface area contributed by atoms with Crippen LogP contribution >= 0.6 is 0 Å². The number of hydrogen-bond donors (Lipinski definition) is 3. The number of aryl methyl sites for hydroxylation is 1. The predicted molar refractivity (Wildman–Crippen MR) is 209 cm³/mol. The molecule has 3 amide bonds. The zero-order chi connectivity index (χ0) is 41.9. The molecule has 1 spiro atoms. The van der Waals surface area contributed by atoms with E-state index in [1.807, 2.05) is 12.2 Å². The van der Waals surface area contributed by atoms with Gasteiger partial charge in [-0.3, -0.25) is 9.59 Å². The first kappa shape index (κ1) is 42.0. The van der Waals surface area contributed by atoms with Crippen LogP contribution in [-0.4, -0.2) is 90.0 Å². The van der Waals surface area contributed by atoms with Crippen molar-refractivity contribution in [2.24, 2.45) is 5.92 Å². The molecule has 2 aromatic rings. The highest BCUT2D eigenvalue weighted by Gasteiger charge is 2.57. The SMILES string of the molecule is COc1ccc2nc(C(F)(F)F)c3c(c2c1)CCC1(CC2C(=O)NC4(CNS(=O)(=O)C5(C)CC5)CCC4C=CCCCCCC(NC(=O)OC(C)(C)C)C(=O)N2C1)O3. The van der Waals surface area contributed by atoms with Crippen LogP contribution in [0.3, 0.4) is 0 Å². The third-order valence-corrected chi connectivity index (χ3v) is 14.8. The van der Waals surface area contributed by atoms with Crippen LogP contribution < -0.4 is 24.8 Å². The summed E-state index contributed by atoms with van der Waals surface area (Å²) in [7, 11) is -2.25. The topological polar surface area (TPSA) is 165 Å². The molecule has 1 saturated heterocycles. The normalized spacial score (nSPS) is 28.8. The number of fused-ring (bicyclic) bond motifs is 5. The van der Waals surface area contributed by atoms with E-state index in [4.69, 9.17) is 14.2 Å². The summed E-state index contributed by atoms with van der Waals surface area (Å²) in [4.78, 5) is 48.0. The van der Waals surface area contributed by atoms with E-state index in [0.717, 1.165) is 19.3 Å². The Balaban J connectivity index is 1.27. The molecule has 3 fully saturated rings. The van der Waals surface area contributed by atoms with Crippen LogP contribution in [0.4, 0.5) is 18.0 Å².